The number of rotatable bonds is 4. The van der Waals surface area contributed by atoms with Crippen LogP contribution in [0.1, 0.15) is 32.7 Å². The Morgan fingerprint density at radius 3 is 2.50 bits per heavy atom. The minimum Gasteiger partial charge on any atom is -0.410 e. The molecule has 36 heavy (non-hydrogen) atoms. The fraction of sp³-hybridized carbons (Fsp3) is 0.269. The highest BCUT2D eigenvalue weighted by Gasteiger charge is 2.35. The number of hydrogen-bond acceptors (Lipinski definition) is 6. The predicted molar refractivity (Wildman–Crippen MR) is 133 cm³/mol. The Balaban J connectivity index is 1.31. The molecular weight excluding hydrogens is 458 g/mol. The molecule has 3 heterocycles. The minimum absolute atomic E-state index is 0.0743. The van der Waals surface area contributed by atoms with Crippen LogP contribution in [0.25, 0.3) is 16.8 Å². The van der Waals surface area contributed by atoms with Crippen molar-refractivity contribution in [2.24, 2.45) is 0 Å². The van der Waals surface area contributed by atoms with Gasteiger partial charge in [0.1, 0.15) is 18.4 Å². The number of hydrogen-bond donors (Lipinski definition) is 0. The number of carbonyl (C=O) groups is 2. The molecule has 0 saturated heterocycles. The van der Waals surface area contributed by atoms with Gasteiger partial charge in [-0.3, -0.25) is 14.4 Å². The van der Waals surface area contributed by atoms with Crippen molar-refractivity contribution in [3.8, 4) is 22.6 Å². The van der Waals surface area contributed by atoms with E-state index in [-0.39, 0.29) is 11.9 Å². The summed E-state index contributed by atoms with van der Waals surface area (Å²) in [6.45, 7) is 3.77. The Kier molecular flexibility index (Phi) is 5.28. The van der Waals surface area contributed by atoms with E-state index < -0.39 is 6.09 Å². The molecule has 0 radical (unpaired) electrons. The molecule has 2 aromatic carbocycles. The van der Waals surface area contributed by atoms with Gasteiger partial charge in [0.05, 0.1) is 35.3 Å². The zero-order valence-electron chi connectivity index (χ0n) is 20.0. The number of nitrogens with zero attached hydrogens (tertiary/aromatic N) is 7. The van der Waals surface area contributed by atoms with Crippen molar-refractivity contribution in [1.29, 1.82) is 0 Å². The lowest BCUT2D eigenvalue weighted by atomic mass is 10.0. The molecule has 2 aromatic heterocycles. The van der Waals surface area contributed by atoms with Crippen molar-refractivity contribution in [3.05, 3.63) is 67.5 Å². The molecule has 6 rings (SSSR count). The summed E-state index contributed by atoms with van der Waals surface area (Å²) in [6, 6.07) is 13.1. The van der Waals surface area contributed by atoms with Crippen LogP contribution >= 0.6 is 0 Å². The maximum Gasteiger partial charge on any atom is 0.419 e. The topological polar surface area (TPSA) is 98.4 Å². The quantitative estimate of drug-likeness (QED) is 0.431. The van der Waals surface area contributed by atoms with E-state index in [1.54, 1.807) is 52.0 Å². The summed E-state index contributed by atoms with van der Waals surface area (Å²) in [7, 11) is 0. The maximum atomic E-state index is 13.4. The van der Waals surface area contributed by atoms with Gasteiger partial charge >= 0.3 is 6.09 Å². The molecule has 10 nitrogen and oxygen atoms in total. The summed E-state index contributed by atoms with van der Waals surface area (Å²) in [4.78, 5) is 33.1. The van der Waals surface area contributed by atoms with Gasteiger partial charge < -0.3 is 9.64 Å². The second kappa shape index (κ2) is 8.63. The zero-order valence-corrected chi connectivity index (χ0v) is 20.0. The zero-order chi connectivity index (χ0) is 24.8. The van der Waals surface area contributed by atoms with E-state index in [4.69, 9.17) is 4.74 Å². The van der Waals surface area contributed by atoms with Crippen molar-refractivity contribution < 1.29 is 14.3 Å². The lowest BCUT2D eigenvalue weighted by molar-refractivity contribution is -0.117. The Hall–Kier alpha value is -4.47. The first-order valence-electron chi connectivity index (χ1n) is 11.9. The highest BCUT2D eigenvalue weighted by Crippen LogP contribution is 2.40. The number of benzene rings is 2. The van der Waals surface area contributed by atoms with Crippen molar-refractivity contribution in [3.63, 3.8) is 0 Å². The molecule has 1 fully saturated rings. The second-order valence-electron chi connectivity index (χ2n) is 9.19. The van der Waals surface area contributed by atoms with Gasteiger partial charge in [0.2, 0.25) is 5.91 Å². The number of aromatic nitrogens is 5. The molecule has 4 aromatic rings. The van der Waals surface area contributed by atoms with Crippen LogP contribution in [-0.4, -0.2) is 49.1 Å². The van der Waals surface area contributed by atoms with Crippen LogP contribution in [-0.2, 0) is 4.79 Å². The maximum absolute atomic E-state index is 13.4. The van der Waals surface area contributed by atoms with E-state index in [1.807, 2.05) is 42.2 Å². The third kappa shape index (κ3) is 4.00. The smallest absolute Gasteiger partial charge is 0.410 e. The van der Waals surface area contributed by atoms with Crippen LogP contribution in [0.3, 0.4) is 0 Å². The average molecular weight is 484 g/mol. The lowest BCUT2D eigenvalue weighted by Crippen LogP contribution is -2.52. The van der Waals surface area contributed by atoms with E-state index in [1.165, 1.54) is 6.33 Å². The van der Waals surface area contributed by atoms with Gasteiger partial charge in [0.25, 0.3) is 0 Å². The summed E-state index contributed by atoms with van der Waals surface area (Å²) in [5.41, 5.74) is 4.00. The first-order valence-corrected chi connectivity index (χ1v) is 11.9. The number of fused-ring (bicyclic) bond motifs is 1. The Bertz CT molecular complexity index is 1420. The molecular formula is C26H25N7O3. The molecule has 1 atom stereocenters. The molecule has 10 heteroatoms. The molecule has 0 N–H and O–H groups in total. The molecule has 0 bridgehead atoms. The lowest BCUT2D eigenvalue weighted by Gasteiger charge is -2.40. The second-order valence-corrected chi connectivity index (χ2v) is 9.19. The third-order valence-electron chi connectivity index (χ3n) is 6.55. The molecule has 2 amide bonds. The highest BCUT2D eigenvalue weighted by atomic mass is 16.6. The highest BCUT2D eigenvalue weighted by molar-refractivity contribution is 6.03. The molecule has 1 aliphatic carbocycles. The fourth-order valence-corrected chi connectivity index (χ4v) is 4.65. The van der Waals surface area contributed by atoms with Crippen molar-refractivity contribution in [2.75, 3.05) is 16.3 Å². The first kappa shape index (κ1) is 22.0. The van der Waals surface area contributed by atoms with Crippen LogP contribution in [0.2, 0.25) is 0 Å². The molecule has 1 saturated carbocycles. The normalized spacial score (nSPS) is 17.1. The number of carbonyl (C=O) groups excluding carboxylic acids is 2. The Labute approximate surface area is 207 Å². The van der Waals surface area contributed by atoms with Crippen LogP contribution < -0.4 is 14.5 Å². The number of amides is 2. The van der Waals surface area contributed by atoms with Gasteiger partial charge in [-0.2, -0.15) is 10.2 Å². The van der Waals surface area contributed by atoms with Crippen molar-refractivity contribution in [2.45, 2.75) is 38.8 Å². The number of anilines is 2. The third-order valence-corrected chi connectivity index (χ3v) is 6.55. The Morgan fingerprint density at radius 2 is 1.81 bits per heavy atom. The summed E-state index contributed by atoms with van der Waals surface area (Å²) < 4.78 is 9.35. The molecule has 1 aliphatic heterocycles. The van der Waals surface area contributed by atoms with Gasteiger partial charge in [0, 0.05) is 25.2 Å². The van der Waals surface area contributed by atoms with Gasteiger partial charge in [-0.1, -0.05) is 6.07 Å². The van der Waals surface area contributed by atoms with E-state index in [0.29, 0.717) is 29.7 Å². The summed E-state index contributed by atoms with van der Waals surface area (Å²) in [6.07, 6.45) is 8.72. The first-order chi connectivity index (χ1) is 17.5. The van der Waals surface area contributed by atoms with Crippen LogP contribution in [0.5, 0.6) is 5.75 Å². The predicted octanol–water partition coefficient (Wildman–Crippen LogP) is 4.23. The molecule has 0 unspecified atom stereocenters. The van der Waals surface area contributed by atoms with E-state index in [2.05, 4.69) is 15.2 Å². The molecule has 2 aliphatic rings. The Morgan fingerprint density at radius 1 is 1.00 bits per heavy atom. The fourth-order valence-electron chi connectivity index (χ4n) is 4.65. The molecule has 0 spiro atoms. The number of ether oxygens (including phenoxy) is 1. The standard InChI is InChI=1S/C26H25N7O3/c1-17-13-30(26(35)36-23-8-6-22(7-9-23)32-16-27-15-29-32)25-11-19(3-10-24(25)33(17)18(2)34)20-12-28-31(14-20)21-4-5-21/h3,6-12,14-17,21H,4-5,13H2,1-2H3/t17-/m0/s1. The summed E-state index contributed by atoms with van der Waals surface area (Å²) in [5, 5.41) is 8.60. The van der Waals surface area contributed by atoms with Crippen LogP contribution in [0, 0.1) is 0 Å². The van der Waals surface area contributed by atoms with E-state index in [9.17, 15) is 9.59 Å². The monoisotopic (exact) mass is 483 g/mol. The van der Waals surface area contributed by atoms with E-state index in [0.717, 1.165) is 29.7 Å². The largest absolute Gasteiger partial charge is 0.419 e. The minimum atomic E-state index is -0.509. The summed E-state index contributed by atoms with van der Waals surface area (Å²) >= 11 is 0. The van der Waals surface area contributed by atoms with Gasteiger partial charge in [-0.25, -0.2) is 14.5 Å². The van der Waals surface area contributed by atoms with Crippen molar-refractivity contribution in [1.82, 2.24) is 24.5 Å². The average Bonchev–Trinajstić information content (AvgIpc) is 3.36. The van der Waals surface area contributed by atoms with Crippen LogP contribution in [0.4, 0.5) is 16.2 Å². The van der Waals surface area contributed by atoms with Gasteiger partial charge in [-0.15, -0.1) is 0 Å². The van der Waals surface area contributed by atoms with Crippen LogP contribution in [0.15, 0.2) is 67.5 Å². The van der Waals surface area contributed by atoms with Gasteiger partial charge in [-0.05, 0) is 61.7 Å². The SMILES string of the molecule is CC(=O)N1c2ccc(-c3cnn(C4CC4)c3)cc2N(C(=O)Oc2ccc(-n3cncn3)cc2)C[C@@H]1C. The van der Waals surface area contributed by atoms with Gasteiger partial charge in [0.15, 0.2) is 0 Å². The molecule has 182 valence electrons. The summed E-state index contributed by atoms with van der Waals surface area (Å²) in [5.74, 6) is 0.337. The van der Waals surface area contributed by atoms with Crippen molar-refractivity contribution >= 4 is 23.4 Å². The van der Waals surface area contributed by atoms with E-state index >= 15 is 0 Å².